The molecule has 2 nitrogen and oxygen atoms in total. The zero-order valence-corrected chi connectivity index (χ0v) is 12.5. The lowest BCUT2D eigenvalue weighted by Gasteiger charge is -2.24. The second kappa shape index (κ2) is 5.54. The summed E-state index contributed by atoms with van der Waals surface area (Å²) in [6, 6.07) is 8.42. The van der Waals surface area contributed by atoms with Crippen LogP contribution >= 0.6 is 0 Å². The van der Waals surface area contributed by atoms with Gasteiger partial charge in [0.1, 0.15) is 5.75 Å². The third-order valence-corrected chi connectivity index (χ3v) is 4.17. The van der Waals surface area contributed by atoms with Gasteiger partial charge in [-0.1, -0.05) is 45.7 Å². The predicted octanol–water partition coefficient (Wildman–Crippen LogP) is 4.02. The fraction of sp³-hybridized carbons (Fsp3) is 0.647. The maximum atomic E-state index is 6.34. The maximum Gasteiger partial charge on any atom is 0.119 e. The van der Waals surface area contributed by atoms with Crippen molar-refractivity contribution in [2.75, 3.05) is 6.61 Å². The van der Waals surface area contributed by atoms with E-state index < -0.39 is 0 Å². The van der Waals surface area contributed by atoms with Gasteiger partial charge in [-0.3, -0.25) is 0 Å². The van der Waals surface area contributed by atoms with Gasteiger partial charge in [-0.05, 0) is 42.4 Å². The molecule has 0 saturated heterocycles. The van der Waals surface area contributed by atoms with Crippen molar-refractivity contribution < 1.29 is 4.74 Å². The number of hydrogen-bond donors (Lipinski definition) is 1. The van der Waals surface area contributed by atoms with Crippen LogP contribution in [0.15, 0.2) is 24.3 Å². The summed E-state index contributed by atoms with van der Waals surface area (Å²) in [7, 11) is 0. The fourth-order valence-corrected chi connectivity index (χ4v) is 2.75. The summed E-state index contributed by atoms with van der Waals surface area (Å²) >= 11 is 0. The third kappa shape index (κ3) is 3.97. The van der Waals surface area contributed by atoms with Gasteiger partial charge in [0.15, 0.2) is 0 Å². The molecular formula is C17H27NO. The van der Waals surface area contributed by atoms with Crippen LogP contribution in [0.25, 0.3) is 0 Å². The second-order valence-corrected chi connectivity index (χ2v) is 6.95. The zero-order chi connectivity index (χ0) is 13.9. The minimum absolute atomic E-state index is 0.0294. The second-order valence-electron chi connectivity index (χ2n) is 6.95. The van der Waals surface area contributed by atoms with Gasteiger partial charge in [0.2, 0.25) is 0 Å². The summed E-state index contributed by atoms with van der Waals surface area (Å²) < 4.78 is 5.89. The molecule has 0 unspecified atom stereocenters. The summed E-state index contributed by atoms with van der Waals surface area (Å²) in [6.07, 6.45) is 5.82. The zero-order valence-electron chi connectivity index (χ0n) is 12.5. The molecule has 0 bridgehead atoms. The SMILES string of the molecule is CC(C)(C)c1cccc(OCCC2(N)CCCC2)c1. The largest absolute Gasteiger partial charge is 0.494 e. The molecule has 2 heteroatoms. The average Bonchev–Trinajstić information content (AvgIpc) is 2.76. The number of ether oxygens (including phenoxy) is 1. The van der Waals surface area contributed by atoms with Gasteiger partial charge in [-0.25, -0.2) is 0 Å². The Hall–Kier alpha value is -1.02. The van der Waals surface area contributed by atoms with Gasteiger partial charge in [0, 0.05) is 5.54 Å². The third-order valence-electron chi connectivity index (χ3n) is 4.17. The molecule has 0 radical (unpaired) electrons. The molecule has 106 valence electrons. The van der Waals surface area contributed by atoms with Crippen molar-refractivity contribution in [1.29, 1.82) is 0 Å². The first-order valence-corrected chi connectivity index (χ1v) is 7.41. The number of rotatable bonds is 4. The van der Waals surface area contributed by atoms with E-state index in [4.69, 9.17) is 10.5 Å². The van der Waals surface area contributed by atoms with Crippen molar-refractivity contribution in [2.45, 2.75) is 63.8 Å². The van der Waals surface area contributed by atoms with E-state index in [1.165, 1.54) is 18.4 Å². The minimum Gasteiger partial charge on any atom is -0.494 e. The summed E-state index contributed by atoms with van der Waals surface area (Å²) in [6.45, 7) is 7.39. The van der Waals surface area contributed by atoms with E-state index >= 15 is 0 Å². The summed E-state index contributed by atoms with van der Waals surface area (Å²) in [5.74, 6) is 0.967. The van der Waals surface area contributed by atoms with E-state index in [-0.39, 0.29) is 11.0 Å². The van der Waals surface area contributed by atoms with Crippen LogP contribution in [0.4, 0.5) is 0 Å². The van der Waals surface area contributed by atoms with Crippen LogP contribution in [0, 0.1) is 0 Å². The molecule has 2 rings (SSSR count). The molecule has 1 aliphatic rings. The first-order chi connectivity index (χ1) is 8.89. The minimum atomic E-state index is 0.0294. The first kappa shape index (κ1) is 14.4. The molecule has 0 aliphatic heterocycles. The van der Waals surface area contributed by atoms with Crippen molar-refractivity contribution in [3.8, 4) is 5.75 Å². The van der Waals surface area contributed by atoms with Gasteiger partial charge in [-0.2, -0.15) is 0 Å². The highest BCUT2D eigenvalue weighted by molar-refractivity contribution is 5.32. The Kier molecular flexibility index (Phi) is 4.19. The lowest BCUT2D eigenvalue weighted by atomic mass is 9.87. The monoisotopic (exact) mass is 261 g/mol. The van der Waals surface area contributed by atoms with E-state index in [9.17, 15) is 0 Å². The van der Waals surface area contributed by atoms with E-state index in [2.05, 4.69) is 39.0 Å². The Labute approximate surface area is 117 Å². The highest BCUT2D eigenvalue weighted by Gasteiger charge is 2.28. The van der Waals surface area contributed by atoms with Gasteiger partial charge in [-0.15, -0.1) is 0 Å². The van der Waals surface area contributed by atoms with Gasteiger partial charge < -0.3 is 10.5 Å². The van der Waals surface area contributed by atoms with Crippen LogP contribution in [0.5, 0.6) is 5.75 Å². The predicted molar refractivity (Wildman–Crippen MR) is 80.6 cm³/mol. The molecule has 0 heterocycles. The topological polar surface area (TPSA) is 35.2 Å². The molecule has 2 N–H and O–H groups in total. The van der Waals surface area contributed by atoms with E-state index in [0.717, 1.165) is 31.6 Å². The Bertz CT molecular complexity index is 414. The molecule has 1 aromatic rings. The summed E-state index contributed by atoms with van der Waals surface area (Å²) in [5.41, 5.74) is 7.85. The fourth-order valence-electron chi connectivity index (χ4n) is 2.75. The molecule has 1 fully saturated rings. The van der Waals surface area contributed by atoms with E-state index in [1.54, 1.807) is 0 Å². The molecule has 19 heavy (non-hydrogen) atoms. The lowest BCUT2D eigenvalue weighted by Crippen LogP contribution is -2.37. The standard InChI is InChI=1S/C17H27NO/c1-16(2,3)14-7-6-8-15(13-14)19-12-11-17(18)9-4-5-10-17/h6-8,13H,4-5,9-12,18H2,1-3H3. The van der Waals surface area contributed by atoms with Crippen LogP contribution in [-0.4, -0.2) is 12.1 Å². The van der Waals surface area contributed by atoms with Crippen LogP contribution in [0.1, 0.15) is 58.4 Å². The maximum absolute atomic E-state index is 6.34. The number of hydrogen-bond acceptors (Lipinski definition) is 2. The molecule has 0 amide bonds. The Balaban J connectivity index is 1.89. The van der Waals surface area contributed by atoms with Crippen molar-refractivity contribution in [2.24, 2.45) is 5.73 Å². The normalized spacial score (nSPS) is 18.5. The van der Waals surface area contributed by atoms with Gasteiger partial charge >= 0.3 is 0 Å². The summed E-state index contributed by atoms with van der Waals surface area (Å²) in [5, 5.41) is 0. The molecular weight excluding hydrogens is 234 g/mol. The smallest absolute Gasteiger partial charge is 0.119 e. The van der Waals surface area contributed by atoms with Crippen LogP contribution in [-0.2, 0) is 5.41 Å². The van der Waals surface area contributed by atoms with Crippen molar-refractivity contribution >= 4 is 0 Å². The highest BCUT2D eigenvalue weighted by Crippen LogP contribution is 2.30. The molecule has 0 aromatic heterocycles. The molecule has 1 aliphatic carbocycles. The molecule has 1 saturated carbocycles. The van der Waals surface area contributed by atoms with Crippen molar-refractivity contribution in [1.82, 2.24) is 0 Å². The van der Waals surface area contributed by atoms with Crippen LogP contribution < -0.4 is 10.5 Å². The van der Waals surface area contributed by atoms with Gasteiger partial charge in [0.25, 0.3) is 0 Å². The average molecular weight is 261 g/mol. The van der Waals surface area contributed by atoms with E-state index in [1.807, 2.05) is 6.07 Å². The Morgan fingerprint density at radius 2 is 1.89 bits per heavy atom. The lowest BCUT2D eigenvalue weighted by molar-refractivity contribution is 0.258. The molecule has 0 spiro atoms. The van der Waals surface area contributed by atoms with E-state index in [0.29, 0.717) is 0 Å². The summed E-state index contributed by atoms with van der Waals surface area (Å²) in [4.78, 5) is 0. The molecule has 0 atom stereocenters. The van der Waals surface area contributed by atoms with Crippen LogP contribution in [0.3, 0.4) is 0 Å². The number of nitrogens with two attached hydrogens (primary N) is 1. The number of benzene rings is 1. The Morgan fingerprint density at radius 1 is 1.21 bits per heavy atom. The quantitative estimate of drug-likeness (QED) is 0.888. The van der Waals surface area contributed by atoms with Crippen molar-refractivity contribution in [3.63, 3.8) is 0 Å². The van der Waals surface area contributed by atoms with Gasteiger partial charge in [0.05, 0.1) is 6.61 Å². The Morgan fingerprint density at radius 3 is 2.53 bits per heavy atom. The first-order valence-electron chi connectivity index (χ1n) is 7.41. The molecule has 1 aromatic carbocycles. The highest BCUT2D eigenvalue weighted by atomic mass is 16.5. The van der Waals surface area contributed by atoms with Crippen molar-refractivity contribution in [3.05, 3.63) is 29.8 Å². The van der Waals surface area contributed by atoms with Crippen LogP contribution in [0.2, 0.25) is 0 Å².